The average Bonchev–Trinajstić information content (AvgIpc) is 2.65. The molecule has 0 saturated carbocycles. The van der Waals surface area contributed by atoms with E-state index in [9.17, 15) is 9.18 Å². The number of carbonyl (C=O) groups is 1. The van der Waals surface area contributed by atoms with Crippen LogP contribution in [0.4, 0.5) is 4.39 Å². The van der Waals surface area contributed by atoms with Crippen molar-refractivity contribution in [2.45, 2.75) is 6.92 Å². The van der Waals surface area contributed by atoms with E-state index in [1.54, 1.807) is 12.3 Å². The van der Waals surface area contributed by atoms with E-state index < -0.39 is 11.8 Å². The maximum atomic E-state index is 12.8. The van der Waals surface area contributed by atoms with Crippen molar-refractivity contribution in [2.24, 2.45) is 0 Å². The molecule has 82 valence electrons. The highest BCUT2D eigenvalue weighted by atomic mass is 32.1. The van der Waals surface area contributed by atoms with Crippen LogP contribution in [-0.4, -0.2) is 11.0 Å². The Kier molecular flexibility index (Phi) is 2.96. The minimum absolute atomic E-state index is 0.177. The van der Waals surface area contributed by atoms with Gasteiger partial charge in [-0.2, -0.15) is 0 Å². The summed E-state index contributed by atoms with van der Waals surface area (Å²) < 4.78 is 17.8. The number of hydrogen-bond donors (Lipinski definition) is 0. The Morgan fingerprint density at radius 2 is 2.31 bits per heavy atom. The molecule has 0 aliphatic carbocycles. The third-order valence-corrected chi connectivity index (χ3v) is 2.61. The first-order valence-electron chi connectivity index (χ1n) is 4.55. The van der Waals surface area contributed by atoms with Crippen molar-refractivity contribution in [3.63, 3.8) is 0 Å². The predicted molar refractivity (Wildman–Crippen MR) is 58.2 cm³/mol. The third-order valence-electron chi connectivity index (χ3n) is 1.83. The van der Waals surface area contributed by atoms with Crippen LogP contribution < -0.4 is 4.74 Å². The smallest absolute Gasteiger partial charge is 0.363 e. The highest BCUT2D eigenvalue weighted by Gasteiger charge is 2.12. The fourth-order valence-corrected chi connectivity index (χ4v) is 1.73. The Labute approximate surface area is 95.5 Å². The quantitative estimate of drug-likeness (QED) is 0.595. The standard InChI is InChI=1S/C11H8FNO2S/c1-7-13-10(6-16-7)11(14)15-9-4-2-3-8(12)5-9/h2-6H,1H3. The Morgan fingerprint density at radius 3 is 2.94 bits per heavy atom. The SMILES string of the molecule is Cc1nc(C(=O)Oc2cccc(F)c2)cs1. The molecule has 1 aromatic heterocycles. The summed E-state index contributed by atoms with van der Waals surface area (Å²) in [4.78, 5) is 15.5. The molecule has 1 aromatic carbocycles. The summed E-state index contributed by atoms with van der Waals surface area (Å²) in [5.74, 6) is -0.842. The van der Waals surface area contributed by atoms with E-state index >= 15 is 0 Å². The number of aromatic nitrogens is 1. The van der Waals surface area contributed by atoms with Crippen molar-refractivity contribution in [1.29, 1.82) is 0 Å². The molecule has 2 aromatic rings. The number of esters is 1. The second-order valence-corrected chi connectivity index (χ2v) is 4.16. The molecule has 0 amide bonds. The maximum absolute atomic E-state index is 12.8. The van der Waals surface area contributed by atoms with Gasteiger partial charge in [0.25, 0.3) is 0 Å². The van der Waals surface area contributed by atoms with Crippen LogP contribution in [0.25, 0.3) is 0 Å². The van der Waals surface area contributed by atoms with Crippen molar-refractivity contribution < 1.29 is 13.9 Å². The molecule has 1 heterocycles. The summed E-state index contributed by atoms with van der Waals surface area (Å²) in [6.07, 6.45) is 0. The number of nitrogens with zero attached hydrogens (tertiary/aromatic N) is 1. The molecule has 3 nitrogen and oxygen atoms in total. The zero-order chi connectivity index (χ0) is 11.5. The van der Waals surface area contributed by atoms with Gasteiger partial charge in [0.1, 0.15) is 11.6 Å². The molecule has 5 heteroatoms. The van der Waals surface area contributed by atoms with Crippen LogP contribution in [0.2, 0.25) is 0 Å². The van der Waals surface area contributed by atoms with Gasteiger partial charge in [0.05, 0.1) is 5.01 Å². The molecule has 0 spiro atoms. The van der Waals surface area contributed by atoms with Gasteiger partial charge < -0.3 is 4.74 Å². The Morgan fingerprint density at radius 1 is 1.50 bits per heavy atom. The van der Waals surface area contributed by atoms with Crippen LogP contribution in [0.5, 0.6) is 5.75 Å². The van der Waals surface area contributed by atoms with Gasteiger partial charge in [-0.15, -0.1) is 11.3 Å². The van der Waals surface area contributed by atoms with Crippen molar-refractivity contribution in [2.75, 3.05) is 0 Å². The van der Waals surface area contributed by atoms with E-state index in [1.807, 2.05) is 0 Å². The molecule has 16 heavy (non-hydrogen) atoms. The number of hydrogen-bond acceptors (Lipinski definition) is 4. The van der Waals surface area contributed by atoms with Crippen LogP contribution in [0.15, 0.2) is 29.6 Å². The molecular weight excluding hydrogens is 229 g/mol. The van der Waals surface area contributed by atoms with E-state index in [0.29, 0.717) is 0 Å². The number of thiazole rings is 1. The van der Waals surface area contributed by atoms with Gasteiger partial charge in [-0.25, -0.2) is 14.2 Å². The van der Waals surface area contributed by atoms with Gasteiger partial charge in [0, 0.05) is 11.4 Å². The van der Waals surface area contributed by atoms with Crippen molar-refractivity contribution >= 4 is 17.3 Å². The Hall–Kier alpha value is -1.75. The molecule has 0 aliphatic rings. The van der Waals surface area contributed by atoms with Crippen molar-refractivity contribution in [3.05, 3.63) is 46.2 Å². The van der Waals surface area contributed by atoms with Gasteiger partial charge >= 0.3 is 5.97 Å². The van der Waals surface area contributed by atoms with Gasteiger partial charge in [-0.05, 0) is 19.1 Å². The minimum atomic E-state index is -0.574. The van der Waals surface area contributed by atoms with E-state index in [1.165, 1.54) is 29.5 Å². The second kappa shape index (κ2) is 4.40. The highest BCUT2D eigenvalue weighted by Crippen LogP contribution is 2.15. The predicted octanol–water partition coefficient (Wildman–Crippen LogP) is 2.81. The minimum Gasteiger partial charge on any atom is -0.422 e. The van der Waals surface area contributed by atoms with Gasteiger partial charge in [0.15, 0.2) is 5.69 Å². The number of benzene rings is 1. The number of ether oxygens (including phenoxy) is 1. The Bertz CT molecular complexity index is 524. The maximum Gasteiger partial charge on any atom is 0.363 e. The number of carbonyl (C=O) groups excluding carboxylic acids is 1. The lowest BCUT2D eigenvalue weighted by molar-refractivity contribution is 0.0729. The van der Waals surface area contributed by atoms with Crippen LogP contribution in [0.3, 0.4) is 0 Å². The lowest BCUT2D eigenvalue weighted by atomic mass is 10.3. The fourth-order valence-electron chi connectivity index (χ4n) is 1.15. The summed E-state index contributed by atoms with van der Waals surface area (Å²) >= 11 is 1.36. The van der Waals surface area contributed by atoms with E-state index in [0.717, 1.165) is 11.1 Å². The largest absolute Gasteiger partial charge is 0.422 e. The van der Waals surface area contributed by atoms with Crippen molar-refractivity contribution in [3.8, 4) is 5.75 Å². The molecule has 0 bridgehead atoms. The lowest BCUT2D eigenvalue weighted by Crippen LogP contribution is -2.08. The second-order valence-electron chi connectivity index (χ2n) is 3.10. The zero-order valence-corrected chi connectivity index (χ0v) is 9.25. The van der Waals surface area contributed by atoms with E-state index in [4.69, 9.17) is 4.74 Å². The van der Waals surface area contributed by atoms with Crippen LogP contribution in [0.1, 0.15) is 15.5 Å². The molecule has 0 atom stereocenters. The van der Waals surface area contributed by atoms with Gasteiger partial charge in [-0.3, -0.25) is 0 Å². The summed E-state index contributed by atoms with van der Waals surface area (Å²) in [7, 11) is 0. The van der Waals surface area contributed by atoms with Crippen LogP contribution in [0, 0.1) is 12.7 Å². The molecule has 0 saturated heterocycles. The summed E-state index contributed by atoms with van der Waals surface area (Å²) in [5, 5.41) is 2.39. The summed E-state index contributed by atoms with van der Waals surface area (Å²) in [6, 6.07) is 5.42. The first-order chi connectivity index (χ1) is 7.65. The number of aryl methyl sites for hydroxylation is 1. The summed E-state index contributed by atoms with van der Waals surface area (Å²) in [6.45, 7) is 1.80. The number of halogens is 1. The summed E-state index contributed by atoms with van der Waals surface area (Å²) in [5.41, 5.74) is 0.242. The monoisotopic (exact) mass is 237 g/mol. The first kappa shape index (κ1) is 10.8. The first-order valence-corrected chi connectivity index (χ1v) is 5.43. The molecule has 0 radical (unpaired) electrons. The highest BCUT2D eigenvalue weighted by molar-refractivity contribution is 7.09. The average molecular weight is 237 g/mol. The van der Waals surface area contributed by atoms with Gasteiger partial charge in [0.2, 0.25) is 0 Å². The number of rotatable bonds is 2. The molecule has 0 unspecified atom stereocenters. The molecule has 0 aliphatic heterocycles. The Balaban J connectivity index is 2.13. The zero-order valence-electron chi connectivity index (χ0n) is 8.44. The van der Waals surface area contributed by atoms with E-state index in [2.05, 4.69) is 4.98 Å². The third kappa shape index (κ3) is 2.43. The molecule has 2 rings (SSSR count). The molecule has 0 N–H and O–H groups in total. The fraction of sp³-hybridized carbons (Fsp3) is 0.0909. The molecular formula is C11H8FNO2S. The van der Waals surface area contributed by atoms with Gasteiger partial charge in [-0.1, -0.05) is 6.07 Å². The van der Waals surface area contributed by atoms with Crippen molar-refractivity contribution in [1.82, 2.24) is 4.98 Å². The topological polar surface area (TPSA) is 39.2 Å². The van der Waals surface area contributed by atoms with Crippen LogP contribution >= 0.6 is 11.3 Å². The lowest BCUT2D eigenvalue weighted by Gasteiger charge is -2.01. The van der Waals surface area contributed by atoms with Crippen LogP contribution in [-0.2, 0) is 0 Å². The van der Waals surface area contributed by atoms with E-state index in [-0.39, 0.29) is 11.4 Å². The normalized spacial score (nSPS) is 10.1. The molecule has 0 fully saturated rings.